The van der Waals surface area contributed by atoms with Gasteiger partial charge in [-0.3, -0.25) is 4.79 Å². The minimum atomic E-state index is -0.628. The fraction of sp³-hybridized carbons (Fsp3) is 0.238. The quantitative estimate of drug-likeness (QED) is 0.517. The summed E-state index contributed by atoms with van der Waals surface area (Å²) in [7, 11) is 1.55. The van der Waals surface area contributed by atoms with Crippen LogP contribution in [-0.4, -0.2) is 25.7 Å². The standard InChI is InChI=1S/C21H22IN3O4/c1-4-29-16-10-5-13(11-17(16)28-3)19-18(12(2)23-21(27)25-19)20(26)24-15-8-6-14(22)7-9-15/h5-11,19H,4H2,1-3H3,(H,24,26)(H2,23,25,27)/t19-/m1/s1. The van der Waals surface area contributed by atoms with Crippen LogP contribution in [0.25, 0.3) is 0 Å². The molecule has 0 aromatic heterocycles. The number of methoxy groups -OCH3 is 1. The van der Waals surface area contributed by atoms with Crippen molar-refractivity contribution in [2.24, 2.45) is 0 Å². The Morgan fingerprint density at radius 3 is 2.55 bits per heavy atom. The molecule has 0 radical (unpaired) electrons. The first-order valence-electron chi connectivity index (χ1n) is 9.08. The molecule has 2 aromatic rings. The van der Waals surface area contributed by atoms with E-state index in [0.717, 1.165) is 3.57 Å². The summed E-state index contributed by atoms with van der Waals surface area (Å²) in [6.45, 7) is 4.10. The Kier molecular flexibility index (Phi) is 6.63. The van der Waals surface area contributed by atoms with Gasteiger partial charge in [-0.1, -0.05) is 6.07 Å². The molecule has 3 N–H and O–H groups in total. The molecule has 0 fully saturated rings. The number of allylic oxidation sites excluding steroid dienone is 1. The first kappa shape index (κ1) is 21.0. The second-order valence-electron chi connectivity index (χ2n) is 6.37. The number of nitrogens with one attached hydrogen (secondary N) is 3. The molecule has 1 aliphatic rings. The molecule has 0 saturated heterocycles. The lowest BCUT2D eigenvalue weighted by molar-refractivity contribution is -0.113. The molecule has 0 bridgehead atoms. The number of amides is 3. The molecule has 0 spiro atoms. The minimum absolute atomic E-state index is 0.297. The van der Waals surface area contributed by atoms with Crippen LogP contribution in [0.2, 0.25) is 0 Å². The summed E-state index contributed by atoms with van der Waals surface area (Å²) >= 11 is 2.20. The lowest BCUT2D eigenvalue weighted by atomic mass is 9.94. The van der Waals surface area contributed by atoms with Crippen molar-refractivity contribution in [2.75, 3.05) is 19.0 Å². The van der Waals surface area contributed by atoms with E-state index in [0.29, 0.717) is 40.6 Å². The van der Waals surface area contributed by atoms with E-state index >= 15 is 0 Å². The van der Waals surface area contributed by atoms with Crippen molar-refractivity contribution in [1.29, 1.82) is 0 Å². The lowest BCUT2D eigenvalue weighted by Crippen LogP contribution is -2.46. The number of carbonyl (C=O) groups excluding carboxylic acids is 2. The number of hydrogen-bond acceptors (Lipinski definition) is 4. The molecule has 0 aliphatic carbocycles. The third-order valence-electron chi connectivity index (χ3n) is 4.44. The molecule has 7 nitrogen and oxygen atoms in total. The second-order valence-corrected chi connectivity index (χ2v) is 7.62. The Labute approximate surface area is 183 Å². The summed E-state index contributed by atoms with van der Waals surface area (Å²) in [6.07, 6.45) is 0. The van der Waals surface area contributed by atoms with Crippen molar-refractivity contribution in [3.05, 3.63) is 62.9 Å². The number of hydrogen-bond donors (Lipinski definition) is 3. The van der Waals surface area contributed by atoms with E-state index in [-0.39, 0.29) is 11.9 Å². The summed E-state index contributed by atoms with van der Waals surface area (Å²) in [5.74, 6) is 0.839. The van der Waals surface area contributed by atoms with Crippen molar-refractivity contribution in [3.63, 3.8) is 0 Å². The highest BCUT2D eigenvalue weighted by molar-refractivity contribution is 14.1. The van der Waals surface area contributed by atoms with Gasteiger partial charge in [0.25, 0.3) is 5.91 Å². The van der Waals surface area contributed by atoms with Crippen LogP contribution >= 0.6 is 22.6 Å². The number of anilines is 1. The maximum atomic E-state index is 13.1. The maximum absolute atomic E-state index is 13.1. The normalized spacial score (nSPS) is 16.0. The van der Waals surface area contributed by atoms with Crippen LogP contribution in [0.4, 0.5) is 10.5 Å². The van der Waals surface area contributed by atoms with Gasteiger partial charge in [0.1, 0.15) is 0 Å². The number of carbonyl (C=O) groups is 2. The fourth-order valence-corrected chi connectivity index (χ4v) is 3.47. The number of halogens is 1. The van der Waals surface area contributed by atoms with Crippen LogP contribution in [0.1, 0.15) is 25.5 Å². The highest BCUT2D eigenvalue weighted by Crippen LogP contribution is 2.34. The average Bonchev–Trinajstić information content (AvgIpc) is 2.69. The molecule has 0 unspecified atom stereocenters. The third-order valence-corrected chi connectivity index (χ3v) is 5.16. The summed E-state index contributed by atoms with van der Waals surface area (Å²) in [4.78, 5) is 25.2. The molecule has 3 rings (SSSR count). The SMILES string of the molecule is CCOc1ccc([C@H]2NC(=O)NC(C)=C2C(=O)Nc2ccc(I)cc2)cc1OC. The number of ether oxygens (including phenoxy) is 2. The Hall–Kier alpha value is -2.75. The van der Waals surface area contributed by atoms with E-state index in [1.54, 1.807) is 26.2 Å². The van der Waals surface area contributed by atoms with Gasteiger partial charge in [-0.15, -0.1) is 0 Å². The van der Waals surface area contributed by atoms with E-state index in [1.807, 2.05) is 37.3 Å². The summed E-state index contributed by atoms with van der Waals surface area (Å²) in [5.41, 5.74) is 2.31. The third kappa shape index (κ3) is 4.81. The highest BCUT2D eigenvalue weighted by Gasteiger charge is 2.31. The van der Waals surface area contributed by atoms with Crippen molar-refractivity contribution in [2.45, 2.75) is 19.9 Å². The van der Waals surface area contributed by atoms with E-state index in [2.05, 4.69) is 38.5 Å². The van der Waals surface area contributed by atoms with Crippen LogP contribution in [0.15, 0.2) is 53.7 Å². The van der Waals surface area contributed by atoms with Gasteiger partial charge in [0.05, 0.1) is 25.3 Å². The van der Waals surface area contributed by atoms with Crippen LogP contribution < -0.4 is 25.4 Å². The van der Waals surface area contributed by atoms with Gasteiger partial charge >= 0.3 is 6.03 Å². The van der Waals surface area contributed by atoms with Gasteiger partial charge in [0.2, 0.25) is 0 Å². The van der Waals surface area contributed by atoms with E-state index < -0.39 is 6.04 Å². The fourth-order valence-electron chi connectivity index (χ4n) is 3.12. The van der Waals surface area contributed by atoms with E-state index in [4.69, 9.17) is 9.47 Å². The van der Waals surface area contributed by atoms with Gasteiger partial charge < -0.3 is 25.4 Å². The van der Waals surface area contributed by atoms with Crippen LogP contribution in [0.3, 0.4) is 0 Å². The van der Waals surface area contributed by atoms with Gasteiger partial charge in [-0.05, 0) is 78.4 Å². The second kappa shape index (κ2) is 9.17. The van der Waals surface area contributed by atoms with E-state index in [1.165, 1.54) is 0 Å². The zero-order valence-corrected chi connectivity index (χ0v) is 18.5. The van der Waals surface area contributed by atoms with Crippen LogP contribution in [0.5, 0.6) is 11.5 Å². The number of urea groups is 1. The minimum Gasteiger partial charge on any atom is -0.493 e. The van der Waals surface area contributed by atoms with Crippen molar-refractivity contribution in [3.8, 4) is 11.5 Å². The zero-order valence-electron chi connectivity index (χ0n) is 16.3. The largest absolute Gasteiger partial charge is 0.493 e. The van der Waals surface area contributed by atoms with Gasteiger partial charge in [0, 0.05) is 15.0 Å². The highest BCUT2D eigenvalue weighted by atomic mass is 127. The maximum Gasteiger partial charge on any atom is 0.319 e. The molecule has 1 atom stereocenters. The van der Waals surface area contributed by atoms with Crippen LogP contribution in [-0.2, 0) is 4.79 Å². The molecule has 2 aromatic carbocycles. The molecule has 0 saturated carbocycles. The van der Waals surface area contributed by atoms with Crippen molar-refractivity contribution < 1.29 is 19.1 Å². The topological polar surface area (TPSA) is 88.7 Å². The number of rotatable bonds is 6. The summed E-state index contributed by atoms with van der Waals surface area (Å²) in [5, 5.41) is 8.40. The Balaban J connectivity index is 1.95. The van der Waals surface area contributed by atoms with Crippen LogP contribution in [0, 0.1) is 3.57 Å². The summed E-state index contributed by atoms with van der Waals surface area (Å²) in [6, 6.07) is 11.8. The molecule has 29 heavy (non-hydrogen) atoms. The molecule has 8 heteroatoms. The summed E-state index contributed by atoms with van der Waals surface area (Å²) < 4.78 is 12.0. The van der Waals surface area contributed by atoms with Gasteiger partial charge in [-0.2, -0.15) is 0 Å². The molecule has 1 heterocycles. The zero-order chi connectivity index (χ0) is 21.0. The predicted octanol–water partition coefficient (Wildman–Crippen LogP) is 3.97. The van der Waals surface area contributed by atoms with Gasteiger partial charge in [0.15, 0.2) is 11.5 Å². The van der Waals surface area contributed by atoms with Crippen molar-refractivity contribution in [1.82, 2.24) is 10.6 Å². The Bertz CT molecular complexity index is 957. The Morgan fingerprint density at radius 1 is 1.17 bits per heavy atom. The molecule has 152 valence electrons. The molecule has 1 aliphatic heterocycles. The first-order chi connectivity index (χ1) is 13.9. The van der Waals surface area contributed by atoms with Gasteiger partial charge in [-0.25, -0.2) is 4.79 Å². The number of benzene rings is 2. The molecular weight excluding hydrogens is 485 g/mol. The lowest BCUT2D eigenvalue weighted by Gasteiger charge is -2.29. The molecular formula is C21H22IN3O4. The monoisotopic (exact) mass is 507 g/mol. The Morgan fingerprint density at radius 2 is 1.90 bits per heavy atom. The van der Waals surface area contributed by atoms with Crippen molar-refractivity contribution >= 4 is 40.2 Å². The smallest absolute Gasteiger partial charge is 0.319 e. The molecule has 3 amide bonds. The predicted molar refractivity (Wildman–Crippen MR) is 119 cm³/mol. The average molecular weight is 507 g/mol. The first-order valence-corrected chi connectivity index (χ1v) is 10.2. The van der Waals surface area contributed by atoms with E-state index in [9.17, 15) is 9.59 Å².